The van der Waals surface area contributed by atoms with Gasteiger partial charge in [0.2, 0.25) is 0 Å². The third-order valence-electron chi connectivity index (χ3n) is 10.8. The normalized spacial score (nSPS) is 11.6. The number of para-hydroxylation sites is 3. The third kappa shape index (κ3) is 5.31. The first-order valence-corrected chi connectivity index (χ1v) is 18.9. The number of nitrogens with zero attached hydrogens (tertiary/aromatic N) is 3. The molecule has 0 aliphatic heterocycles. The van der Waals surface area contributed by atoms with Crippen molar-refractivity contribution in [1.82, 2.24) is 14.5 Å². The first-order valence-electron chi connectivity index (χ1n) is 18.9. The lowest BCUT2D eigenvalue weighted by Crippen LogP contribution is -1.96. The van der Waals surface area contributed by atoms with E-state index >= 15 is 0 Å². The van der Waals surface area contributed by atoms with E-state index in [-0.39, 0.29) is 0 Å². The molecule has 0 N–H and O–H groups in total. The minimum absolute atomic E-state index is 0.703. The van der Waals surface area contributed by atoms with Gasteiger partial charge in [-0.05, 0) is 59.2 Å². The molecule has 0 bridgehead atoms. The van der Waals surface area contributed by atoms with Crippen LogP contribution in [-0.2, 0) is 0 Å². The molecule has 11 aromatic rings. The highest BCUT2D eigenvalue weighted by Crippen LogP contribution is 2.44. The van der Waals surface area contributed by atoms with Crippen molar-refractivity contribution in [2.45, 2.75) is 0 Å². The van der Waals surface area contributed by atoms with Gasteiger partial charge in [-0.15, -0.1) is 0 Å². The first kappa shape index (κ1) is 31.9. The van der Waals surface area contributed by atoms with Crippen LogP contribution in [0.3, 0.4) is 0 Å². The van der Waals surface area contributed by atoms with E-state index < -0.39 is 0 Å². The molecule has 262 valence electrons. The summed E-state index contributed by atoms with van der Waals surface area (Å²) in [7, 11) is 0. The van der Waals surface area contributed by atoms with Crippen LogP contribution >= 0.6 is 0 Å². The lowest BCUT2D eigenvalue weighted by atomic mass is 9.90. The minimum Gasteiger partial charge on any atom is -0.456 e. The molecule has 0 fully saturated rings. The molecule has 0 saturated carbocycles. The van der Waals surface area contributed by atoms with Crippen molar-refractivity contribution in [3.63, 3.8) is 0 Å². The summed E-state index contributed by atoms with van der Waals surface area (Å²) in [5.74, 6) is 0.703. The molecule has 8 aromatic carbocycles. The maximum Gasteiger partial charge on any atom is 0.160 e. The number of furan rings is 1. The summed E-state index contributed by atoms with van der Waals surface area (Å²) in [6.45, 7) is 0. The average molecular weight is 716 g/mol. The fourth-order valence-electron chi connectivity index (χ4n) is 8.25. The molecule has 56 heavy (non-hydrogen) atoms. The van der Waals surface area contributed by atoms with Gasteiger partial charge in [0.25, 0.3) is 0 Å². The van der Waals surface area contributed by atoms with Gasteiger partial charge in [-0.25, -0.2) is 9.97 Å². The van der Waals surface area contributed by atoms with Crippen LogP contribution < -0.4 is 0 Å². The molecule has 4 nitrogen and oxygen atoms in total. The summed E-state index contributed by atoms with van der Waals surface area (Å²) >= 11 is 0. The highest BCUT2D eigenvalue weighted by atomic mass is 16.3. The Hall–Kier alpha value is -7.56. The molecule has 0 unspecified atom stereocenters. The highest BCUT2D eigenvalue weighted by molar-refractivity contribution is 6.16. The molecule has 0 aliphatic rings. The molecule has 3 aromatic heterocycles. The van der Waals surface area contributed by atoms with Crippen LogP contribution in [0.2, 0.25) is 0 Å². The van der Waals surface area contributed by atoms with Gasteiger partial charge < -0.3 is 8.98 Å². The van der Waals surface area contributed by atoms with Gasteiger partial charge in [0.1, 0.15) is 11.2 Å². The van der Waals surface area contributed by atoms with Gasteiger partial charge in [0.05, 0.1) is 22.4 Å². The lowest BCUT2D eigenvalue weighted by Gasteiger charge is -2.15. The molecule has 0 spiro atoms. The zero-order valence-electron chi connectivity index (χ0n) is 30.3. The Morgan fingerprint density at radius 3 is 1.62 bits per heavy atom. The fraction of sp³-hybridized carbons (Fsp3) is 0. The van der Waals surface area contributed by atoms with E-state index in [1.54, 1.807) is 0 Å². The Balaban J connectivity index is 1.09. The summed E-state index contributed by atoms with van der Waals surface area (Å²) in [6, 6.07) is 70.3. The van der Waals surface area contributed by atoms with Crippen molar-refractivity contribution in [3.8, 4) is 61.8 Å². The summed E-state index contributed by atoms with van der Waals surface area (Å²) in [5, 5.41) is 4.69. The average Bonchev–Trinajstić information content (AvgIpc) is 3.83. The number of rotatable bonds is 6. The second kappa shape index (κ2) is 13.1. The fourth-order valence-corrected chi connectivity index (χ4v) is 8.25. The number of benzene rings is 8. The number of hydrogen-bond donors (Lipinski definition) is 0. The highest BCUT2D eigenvalue weighted by Gasteiger charge is 2.20. The van der Waals surface area contributed by atoms with Gasteiger partial charge in [-0.1, -0.05) is 158 Å². The predicted molar refractivity (Wildman–Crippen MR) is 231 cm³/mol. The van der Waals surface area contributed by atoms with Crippen LogP contribution in [0.4, 0.5) is 0 Å². The Bertz CT molecular complexity index is 3120. The molecule has 3 heterocycles. The van der Waals surface area contributed by atoms with Gasteiger partial charge >= 0.3 is 0 Å². The van der Waals surface area contributed by atoms with Crippen LogP contribution in [0.1, 0.15) is 0 Å². The predicted octanol–water partition coefficient (Wildman–Crippen LogP) is 13.8. The van der Waals surface area contributed by atoms with Gasteiger partial charge in [-0.3, -0.25) is 0 Å². The zero-order chi connectivity index (χ0) is 37.0. The Kier molecular flexibility index (Phi) is 7.46. The number of aromatic nitrogens is 3. The van der Waals surface area contributed by atoms with E-state index in [2.05, 4.69) is 162 Å². The van der Waals surface area contributed by atoms with E-state index in [4.69, 9.17) is 14.4 Å². The van der Waals surface area contributed by atoms with Crippen molar-refractivity contribution in [2.75, 3.05) is 0 Å². The van der Waals surface area contributed by atoms with E-state index in [9.17, 15) is 0 Å². The van der Waals surface area contributed by atoms with Crippen LogP contribution in [0.15, 0.2) is 205 Å². The standard InChI is InChI=1S/C52H33N3O/c1-3-14-35(15-4-1)44-33-45(54-52(53-44)37-16-5-2-6-17-37)36-28-26-34(27-29-36)40-30-31-49-51(43-22-9-12-25-48(43)56-49)50(40)38-18-13-19-39(32-38)55-46-23-10-7-20-41(46)42-21-8-11-24-47(42)55/h1-33H. The van der Waals surface area contributed by atoms with Gasteiger partial charge in [-0.2, -0.15) is 0 Å². The Morgan fingerprint density at radius 1 is 0.375 bits per heavy atom. The van der Waals surface area contributed by atoms with Crippen molar-refractivity contribution >= 4 is 43.7 Å². The van der Waals surface area contributed by atoms with Crippen LogP contribution in [0, 0.1) is 0 Å². The van der Waals surface area contributed by atoms with Crippen molar-refractivity contribution in [1.29, 1.82) is 0 Å². The SMILES string of the molecule is c1ccc(-c2cc(-c3ccc(-c4ccc5oc6ccccc6c5c4-c4cccc(-n5c6ccccc6c6ccccc65)c4)cc3)nc(-c3ccccc3)n2)cc1. The smallest absolute Gasteiger partial charge is 0.160 e. The second-order valence-corrected chi connectivity index (χ2v) is 14.2. The quantitative estimate of drug-likeness (QED) is 0.172. The monoisotopic (exact) mass is 715 g/mol. The number of fused-ring (bicyclic) bond motifs is 6. The van der Waals surface area contributed by atoms with Crippen molar-refractivity contribution < 1.29 is 4.42 Å². The molecule has 11 rings (SSSR count). The summed E-state index contributed by atoms with van der Waals surface area (Å²) in [4.78, 5) is 10.1. The maximum atomic E-state index is 6.48. The summed E-state index contributed by atoms with van der Waals surface area (Å²) in [6.07, 6.45) is 0. The van der Waals surface area contributed by atoms with Gasteiger partial charge in [0, 0.05) is 49.5 Å². The van der Waals surface area contributed by atoms with E-state index in [1.807, 2.05) is 42.5 Å². The minimum atomic E-state index is 0.703. The van der Waals surface area contributed by atoms with E-state index in [1.165, 1.54) is 21.8 Å². The summed E-state index contributed by atoms with van der Waals surface area (Å²) in [5.41, 5.74) is 14.6. The second-order valence-electron chi connectivity index (χ2n) is 14.2. The molecular weight excluding hydrogens is 683 g/mol. The topological polar surface area (TPSA) is 43.9 Å². The van der Waals surface area contributed by atoms with Crippen molar-refractivity contribution in [3.05, 3.63) is 200 Å². The Morgan fingerprint density at radius 2 is 0.929 bits per heavy atom. The number of hydrogen-bond acceptors (Lipinski definition) is 3. The molecule has 0 radical (unpaired) electrons. The van der Waals surface area contributed by atoms with Crippen LogP contribution in [0.5, 0.6) is 0 Å². The molecule has 0 saturated heterocycles. The third-order valence-corrected chi connectivity index (χ3v) is 10.8. The molecule has 0 amide bonds. The molecule has 4 heteroatoms. The molecular formula is C52H33N3O. The van der Waals surface area contributed by atoms with Crippen LogP contribution in [0.25, 0.3) is 106 Å². The van der Waals surface area contributed by atoms with Crippen molar-refractivity contribution in [2.24, 2.45) is 0 Å². The molecule has 0 aliphatic carbocycles. The lowest BCUT2D eigenvalue weighted by molar-refractivity contribution is 0.669. The van der Waals surface area contributed by atoms with Gasteiger partial charge in [0.15, 0.2) is 5.82 Å². The molecule has 0 atom stereocenters. The first-order chi connectivity index (χ1) is 27.8. The largest absolute Gasteiger partial charge is 0.456 e. The maximum absolute atomic E-state index is 6.48. The van der Waals surface area contributed by atoms with Crippen LogP contribution in [-0.4, -0.2) is 14.5 Å². The van der Waals surface area contributed by atoms with E-state index in [0.717, 1.165) is 78.0 Å². The zero-order valence-corrected chi connectivity index (χ0v) is 30.3. The van der Waals surface area contributed by atoms with E-state index in [0.29, 0.717) is 5.82 Å². The Labute approximate surface area is 323 Å². The summed E-state index contributed by atoms with van der Waals surface area (Å²) < 4.78 is 8.86.